The van der Waals surface area contributed by atoms with Gasteiger partial charge < -0.3 is 10.6 Å². The van der Waals surface area contributed by atoms with E-state index in [1.54, 1.807) is 12.3 Å². The highest BCUT2D eigenvalue weighted by Crippen LogP contribution is 2.15. The van der Waals surface area contributed by atoms with Crippen LogP contribution < -0.4 is 10.6 Å². The van der Waals surface area contributed by atoms with Crippen molar-refractivity contribution in [1.29, 1.82) is 5.41 Å². The van der Waals surface area contributed by atoms with Crippen molar-refractivity contribution >= 4 is 11.7 Å². The van der Waals surface area contributed by atoms with E-state index in [1.165, 1.54) is 0 Å². The van der Waals surface area contributed by atoms with Gasteiger partial charge in [-0.25, -0.2) is 4.98 Å². The Morgan fingerprint density at radius 3 is 2.80 bits per heavy atom. The van der Waals surface area contributed by atoms with E-state index in [2.05, 4.69) is 21.8 Å². The van der Waals surface area contributed by atoms with Crippen molar-refractivity contribution in [2.45, 2.75) is 20.4 Å². The predicted octanol–water partition coefficient (Wildman–Crippen LogP) is 2.10. The molecule has 20 heavy (non-hydrogen) atoms. The molecule has 5 nitrogen and oxygen atoms in total. The van der Waals surface area contributed by atoms with Crippen LogP contribution in [0.5, 0.6) is 0 Å². The van der Waals surface area contributed by atoms with Crippen molar-refractivity contribution in [1.82, 2.24) is 9.97 Å². The fraction of sp³-hybridized carbons (Fsp3) is 0.267. The van der Waals surface area contributed by atoms with Gasteiger partial charge in [0.2, 0.25) is 0 Å². The summed E-state index contributed by atoms with van der Waals surface area (Å²) in [7, 11) is 0. The summed E-state index contributed by atoms with van der Waals surface area (Å²) < 4.78 is 0. The smallest absolute Gasteiger partial charge is 0.129 e. The molecule has 0 saturated carbocycles. The summed E-state index contributed by atoms with van der Waals surface area (Å²) in [6.07, 6.45) is 1.68. The Morgan fingerprint density at radius 1 is 1.35 bits per heavy atom. The summed E-state index contributed by atoms with van der Waals surface area (Å²) in [6.45, 7) is 5.54. The SMILES string of the molecule is CCN(Cc1cccc(C)n1)c1cc(C(=N)N)ccn1. The molecule has 5 heteroatoms. The highest BCUT2D eigenvalue weighted by Gasteiger charge is 2.09. The van der Waals surface area contributed by atoms with Crippen molar-refractivity contribution in [3.05, 3.63) is 53.5 Å². The average molecular weight is 269 g/mol. The lowest BCUT2D eigenvalue weighted by molar-refractivity contribution is 0.790. The molecule has 0 aliphatic heterocycles. The number of nitrogen functional groups attached to an aromatic ring is 1. The Bertz CT molecular complexity index is 609. The van der Waals surface area contributed by atoms with Gasteiger partial charge in [0, 0.05) is 24.0 Å². The van der Waals surface area contributed by atoms with Crippen molar-refractivity contribution in [3.63, 3.8) is 0 Å². The van der Waals surface area contributed by atoms with Crippen LogP contribution in [0.15, 0.2) is 36.5 Å². The molecular formula is C15H19N5. The molecular weight excluding hydrogens is 250 g/mol. The van der Waals surface area contributed by atoms with Crippen LogP contribution in [0.4, 0.5) is 5.82 Å². The van der Waals surface area contributed by atoms with Crippen LogP contribution in [-0.2, 0) is 6.54 Å². The lowest BCUT2D eigenvalue weighted by atomic mass is 10.2. The highest BCUT2D eigenvalue weighted by molar-refractivity contribution is 5.95. The number of nitrogens with zero attached hydrogens (tertiary/aromatic N) is 3. The summed E-state index contributed by atoms with van der Waals surface area (Å²) in [4.78, 5) is 11.0. The molecule has 0 aromatic carbocycles. The maximum absolute atomic E-state index is 7.50. The molecule has 0 atom stereocenters. The molecule has 0 radical (unpaired) electrons. The van der Waals surface area contributed by atoms with E-state index in [0.29, 0.717) is 12.1 Å². The number of aryl methyl sites for hydroxylation is 1. The Balaban J connectivity index is 2.24. The van der Waals surface area contributed by atoms with Crippen LogP contribution in [-0.4, -0.2) is 22.3 Å². The largest absolute Gasteiger partial charge is 0.384 e. The number of aromatic nitrogens is 2. The molecule has 0 spiro atoms. The number of nitrogens with one attached hydrogen (secondary N) is 1. The number of nitrogens with two attached hydrogens (primary N) is 1. The highest BCUT2D eigenvalue weighted by atomic mass is 15.2. The summed E-state index contributed by atoms with van der Waals surface area (Å²) in [6, 6.07) is 9.57. The number of hydrogen-bond donors (Lipinski definition) is 2. The number of pyridine rings is 2. The lowest BCUT2D eigenvalue weighted by Crippen LogP contribution is -2.24. The lowest BCUT2D eigenvalue weighted by Gasteiger charge is -2.22. The van der Waals surface area contributed by atoms with E-state index in [9.17, 15) is 0 Å². The van der Waals surface area contributed by atoms with Crippen molar-refractivity contribution in [2.75, 3.05) is 11.4 Å². The number of rotatable bonds is 5. The molecule has 0 saturated heterocycles. The van der Waals surface area contributed by atoms with Crippen LogP contribution in [0.3, 0.4) is 0 Å². The maximum Gasteiger partial charge on any atom is 0.129 e. The third-order valence-corrected chi connectivity index (χ3v) is 3.06. The zero-order chi connectivity index (χ0) is 14.5. The van der Waals surface area contributed by atoms with Gasteiger partial charge in [0.1, 0.15) is 11.7 Å². The Labute approximate surface area is 119 Å². The molecule has 2 aromatic heterocycles. The van der Waals surface area contributed by atoms with Gasteiger partial charge in [-0.3, -0.25) is 10.4 Å². The van der Waals surface area contributed by atoms with Crippen LogP contribution >= 0.6 is 0 Å². The molecule has 0 aliphatic rings. The Hall–Kier alpha value is -2.43. The second-order valence-electron chi connectivity index (χ2n) is 4.60. The minimum absolute atomic E-state index is 0.0541. The minimum Gasteiger partial charge on any atom is -0.384 e. The molecule has 2 aromatic rings. The van der Waals surface area contributed by atoms with Crippen LogP contribution in [0, 0.1) is 12.3 Å². The van der Waals surface area contributed by atoms with Crippen molar-refractivity contribution in [3.8, 4) is 0 Å². The first-order chi connectivity index (χ1) is 9.60. The van der Waals surface area contributed by atoms with Gasteiger partial charge in [0.15, 0.2) is 0 Å². The summed E-state index contributed by atoms with van der Waals surface area (Å²) >= 11 is 0. The third kappa shape index (κ3) is 3.32. The van der Waals surface area contributed by atoms with Gasteiger partial charge >= 0.3 is 0 Å². The molecule has 0 aliphatic carbocycles. The molecule has 2 rings (SSSR count). The Morgan fingerprint density at radius 2 is 2.15 bits per heavy atom. The first kappa shape index (κ1) is 14.0. The van der Waals surface area contributed by atoms with E-state index in [1.807, 2.05) is 31.2 Å². The maximum atomic E-state index is 7.50. The van der Waals surface area contributed by atoms with Gasteiger partial charge in [0.05, 0.1) is 12.2 Å². The molecule has 104 valence electrons. The molecule has 0 bridgehead atoms. The number of hydrogen-bond acceptors (Lipinski definition) is 4. The average Bonchev–Trinajstić information content (AvgIpc) is 2.45. The van der Waals surface area contributed by atoms with Crippen LogP contribution in [0.2, 0.25) is 0 Å². The fourth-order valence-corrected chi connectivity index (χ4v) is 2.00. The van der Waals surface area contributed by atoms with Crippen LogP contribution in [0.1, 0.15) is 23.9 Å². The molecule has 3 N–H and O–H groups in total. The van der Waals surface area contributed by atoms with Crippen molar-refractivity contribution < 1.29 is 0 Å². The van der Waals surface area contributed by atoms with E-state index in [-0.39, 0.29) is 5.84 Å². The summed E-state index contributed by atoms with van der Waals surface area (Å²) in [5.41, 5.74) is 8.21. The zero-order valence-electron chi connectivity index (χ0n) is 11.8. The molecule has 0 fully saturated rings. The van der Waals surface area contributed by atoms with E-state index < -0.39 is 0 Å². The van der Waals surface area contributed by atoms with Crippen LogP contribution in [0.25, 0.3) is 0 Å². The predicted molar refractivity (Wildman–Crippen MR) is 81.0 cm³/mol. The third-order valence-electron chi connectivity index (χ3n) is 3.06. The zero-order valence-corrected chi connectivity index (χ0v) is 11.8. The minimum atomic E-state index is 0.0541. The fourth-order valence-electron chi connectivity index (χ4n) is 2.00. The monoisotopic (exact) mass is 269 g/mol. The normalized spacial score (nSPS) is 10.3. The van der Waals surface area contributed by atoms with Crippen molar-refractivity contribution in [2.24, 2.45) is 5.73 Å². The van der Waals surface area contributed by atoms with Gasteiger partial charge in [-0.15, -0.1) is 0 Å². The standard InChI is InChI=1S/C15H19N5/c1-3-20(10-13-6-4-5-11(2)19-13)14-9-12(15(16)17)7-8-18-14/h4-9H,3,10H2,1-2H3,(H3,16,17). The van der Waals surface area contributed by atoms with E-state index in [4.69, 9.17) is 11.1 Å². The van der Waals surface area contributed by atoms with E-state index >= 15 is 0 Å². The first-order valence-corrected chi connectivity index (χ1v) is 6.58. The topological polar surface area (TPSA) is 78.9 Å². The van der Waals surface area contributed by atoms with Gasteiger partial charge in [-0.05, 0) is 38.1 Å². The molecule has 2 heterocycles. The summed E-state index contributed by atoms with van der Waals surface area (Å²) in [5, 5.41) is 7.50. The quantitative estimate of drug-likeness (QED) is 0.643. The molecule has 0 amide bonds. The number of amidine groups is 1. The van der Waals surface area contributed by atoms with Gasteiger partial charge in [-0.2, -0.15) is 0 Å². The van der Waals surface area contributed by atoms with E-state index in [0.717, 1.165) is 23.8 Å². The first-order valence-electron chi connectivity index (χ1n) is 6.58. The van der Waals surface area contributed by atoms with Gasteiger partial charge in [0.25, 0.3) is 0 Å². The number of anilines is 1. The second kappa shape index (κ2) is 6.14. The molecule has 0 unspecified atom stereocenters. The van der Waals surface area contributed by atoms with Gasteiger partial charge in [-0.1, -0.05) is 6.07 Å². The second-order valence-corrected chi connectivity index (χ2v) is 4.60. The Kier molecular flexibility index (Phi) is 4.30. The summed E-state index contributed by atoms with van der Waals surface area (Å²) in [5.74, 6) is 0.863.